The lowest BCUT2D eigenvalue weighted by atomic mass is 10.0. The van der Waals surface area contributed by atoms with Crippen LogP contribution in [-0.2, 0) is 6.54 Å². The lowest BCUT2D eigenvalue weighted by Gasteiger charge is -2.22. The van der Waals surface area contributed by atoms with E-state index in [9.17, 15) is 9.90 Å². The summed E-state index contributed by atoms with van der Waals surface area (Å²) in [6.07, 6.45) is 3.11. The van der Waals surface area contributed by atoms with Crippen LogP contribution in [0.4, 0.5) is 5.69 Å². The van der Waals surface area contributed by atoms with Crippen molar-refractivity contribution in [2.24, 2.45) is 0 Å². The predicted octanol–water partition coefficient (Wildman–Crippen LogP) is 0.766. The van der Waals surface area contributed by atoms with Gasteiger partial charge in [0, 0.05) is 19.3 Å². The van der Waals surface area contributed by atoms with Crippen molar-refractivity contribution >= 4 is 11.6 Å². The Kier molecular flexibility index (Phi) is 4.72. The molecule has 102 valence electrons. The van der Waals surface area contributed by atoms with Gasteiger partial charge < -0.3 is 16.2 Å². The Bertz CT molecular complexity index is 412. The van der Waals surface area contributed by atoms with Crippen LogP contribution in [0.5, 0.6) is 0 Å². The smallest absolute Gasteiger partial charge is 0.274 e. The first kappa shape index (κ1) is 14.5. The zero-order valence-corrected chi connectivity index (χ0v) is 11.2. The fraction of sp³-hybridized carbons (Fsp3) is 0.667. The largest absolute Gasteiger partial charge is 0.396 e. The molecule has 0 saturated carbocycles. The van der Waals surface area contributed by atoms with Gasteiger partial charge in [0.05, 0.1) is 11.3 Å². The summed E-state index contributed by atoms with van der Waals surface area (Å²) in [6.45, 7) is 6.45. The Labute approximate surface area is 107 Å². The molecule has 0 spiro atoms. The second-order valence-electron chi connectivity index (χ2n) is 4.72. The third kappa shape index (κ3) is 3.73. The van der Waals surface area contributed by atoms with E-state index in [1.54, 1.807) is 17.8 Å². The van der Waals surface area contributed by atoms with Crippen molar-refractivity contribution < 1.29 is 9.90 Å². The highest BCUT2D eigenvalue weighted by Gasteiger charge is 2.22. The Morgan fingerprint density at radius 2 is 2.28 bits per heavy atom. The first-order chi connectivity index (χ1) is 8.39. The maximum atomic E-state index is 11.9. The molecule has 0 aliphatic rings. The zero-order chi connectivity index (χ0) is 13.8. The number of aromatic nitrogens is 2. The molecule has 0 fully saturated rings. The molecule has 0 aliphatic carbocycles. The minimum absolute atomic E-state index is 0.193. The fourth-order valence-electron chi connectivity index (χ4n) is 1.76. The SMILES string of the molecule is CCCC(C)(O)CNC(=O)c1nn(CC)cc1N. The molecule has 1 aromatic heterocycles. The number of amides is 1. The quantitative estimate of drug-likeness (QED) is 0.699. The number of rotatable bonds is 6. The second-order valence-corrected chi connectivity index (χ2v) is 4.72. The van der Waals surface area contributed by atoms with Crippen LogP contribution in [0.1, 0.15) is 44.1 Å². The van der Waals surface area contributed by atoms with Crippen molar-refractivity contribution in [2.45, 2.75) is 45.8 Å². The van der Waals surface area contributed by atoms with Crippen LogP contribution in [0.25, 0.3) is 0 Å². The topological polar surface area (TPSA) is 93.2 Å². The number of nitrogens with one attached hydrogen (secondary N) is 1. The molecule has 0 saturated heterocycles. The summed E-state index contributed by atoms with van der Waals surface area (Å²) in [7, 11) is 0. The highest BCUT2D eigenvalue weighted by Crippen LogP contribution is 2.12. The number of aryl methyl sites for hydroxylation is 1. The Morgan fingerprint density at radius 3 is 2.78 bits per heavy atom. The highest BCUT2D eigenvalue weighted by molar-refractivity contribution is 5.97. The number of carbonyl (C=O) groups excluding carboxylic acids is 1. The van der Waals surface area contributed by atoms with E-state index in [-0.39, 0.29) is 18.1 Å². The molecule has 1 unspecified atom stereocenters. The second kappa shape index (κ2) is 5.86. The molecule has 0 aliphatic heterocycles. The Balaban J connectivity index is 2.62. The molecule has 6 nitrogen and oxygen atoms in total. The van der Waals surface area contributed by atoms with Gasteiger partial charge in [0.2, 0.25) is 0 Å². The number of hydrogen-bond acceptors (Lipinski definition) is 4. The van der Waals surface area contributed by atoms with Gasteiger partial charge in [-0.1, -0.05) is 13.3 Å². The van der Waals surface area contributed by atoms with E-state index >= 15 is 0 Å². The maximum absolute atomic E-state index is 11.9. The normalized spacial score (nSPS) is 14.2. The minimum Gasteiger partial charge on any atom is -0.396 e. The number of nitrogen functional groups attached to an aromatic ring is 1. The van der Waals surface area contributed by atoms with Gasteiger partial charge in [-0.25, -0.2) is 0 Å². The van der Waals surface area contributed by atoms with Gasteiger partial charge in [-0.2, -0.15) is 5.10 Å². The van der Waals surface area contributed by atoms with Gasteiger partial charge in [-0.05, 0) is 20.3 Å². The number of nitrogens with two attached hydrogens (primary N) is 1. The van der Waals surface area contributed by atoms with Gasteiger partial charge in [-0.15, -0.1) is 0 Å². The molecule has 1 rings (SSSR count). The van der Waals surface area contributed by atoms with Crippen LogP contribution in [0.15, 0.2) is 6.20 Å². The van der Waals surface area contributed by atoms with E-state index in [0.29, 0.717) is 18.7 Å². The summed E-state index contributed by atoms with van der Waals surface area (Å²) in [5, 5.41) is 16.7. The Hall–Kier alpha value is -1.56. The third-order valence-corrected chi connectivity index (χ3v) is 2.75. The number of hydrogen-bond donors (Lipinski definition) is 3. The lowest BCUT2D eigenvalue weighted by Crippen LogP contribution is -2.40. The van der Waals surface area contributed by atoms with E-state index < -0.39 is 5.60 Å². The van der Waals surface area contributed by atoms with Crippen molar-refractivity contribution in [1.82, 2.24) is 15.1 Å². The molecular formula is C12H22N4O2. The first-order valence-corrected chi connectivity index (χ1v) is 6.23. The predicted molar refractivity (Wildman–Crippen MR) is 70.2 cm³/mol. The molecule has 0 radical (unpaired) electrons. The van der Waals surface area contributed by atoms with Crippen molar-refractivity contribution in [3.8, 4) is 0 Å². The van der Waals surface area contributed by atoms with Crippen LogP contribution in [0.3, 0.4) is 0 Å². The first-order valence-electron chi connectivity index (χ1n) is 6.23. The summed E-state index contributed by atoms with van der Waals surface area (Å²) in [5.41, 5.74) is 5.38. The summed E-state index contributed by atoms with van der Waals surface area (Å²) < 4.78 is 1.61. The van der Waals surface area contributed by atoms with Crippen molar-refractivity contribution in [1.29, 1.82) is 0 Å². The monoisotopic (exact) mass is 254 g/mol. The summed E-state index contributed by atoms with van der Waals surface area (Å²) >= 11 is 0. The van der Waals surface area contributed by atoms with Crippen molar-refractivity contribution in [2.75, 3.05) is 12.3 Å². The van der Waals surface area contributed by atoms with Crippen molar-refractivity contribution in [3.63, 3.8) is 0 Å². The van der Waals surface area contributed by atoms with E-state index in [0.717, 1.165) is 6.42 Å². The minimum atomic E-state index is -0.896. The number of anilines is 1. The van der Waals surface area contributed by atoms with Gasteiger partial charge in [0.15, 0.2) is 5.69 Å². The van der Waals surface area contributed by atoms with E-state index in [1.807, 2.05) is 13.8 Å². The average Bonchev–Trinajstić information content (AvgIpc) is 2.68. The van der Waals surface area contributed by atoms with E-state index in [2.05, 4.69) is 10.4 Å². The molecule has 4 N–H and O–H groups in total. The van der Waals surface area contributed by atoms with E-state index in [1.165, 1.54) is 0 Å². The molecule has 6 heteroatoms. The maximum Gasteiger partial charge on any atom is 0.274 e. The number of nitrogens with zero attached hydrogens (tertiary/aromatic N) is 2. The van der Waals surface area contributed by atoms with Crippen LogP contribution in [0.2, 0.25) is 0 Å². The number of aliphatic hydroxyl groups is 1. The molecule has 1 heterocycles. The summed E-state index contributed by atoms with van der Waals surface area (Å²) in [5.74, 6) is -0.351. The third-order valence-electron chi connectivity index (χ3n) is 2.75. The molecule has 1 amide bonds. The van der Waals surface area contributed by atoms with Gasteiger partial charge in [0.1, 0.15) is 0 Å². The molecule has 0 aromatic carbocycles. The summed E-state index contributed by atoms with van der Waals surface area (Å²) in [4.78, 5) is 11.9. The molecule has 1 atom stereocenters. The Morgan fingerprint density at radius 1 is 1.61 bits per heavy atom. The summed E-state index contributed by atoms with van der Waals surface area (Å²) in [6, 6.07) is 0. The van der Waals surface area contributed by atoms with Crippen LogP contribution in [0, 0.1) is 0 Å². The van der Waals surface area contributed by atoms with Gasteiger partial charge in [0.25, 0.3) is 5.91 Å². The molecule has 18 heavy (non-hydrogen) atoms. The molecular weight excluding hydrogens is 232 g/mol. The van der Waals surface area contributed by atoms with Crippen LogP contribution < -0.4 is 11.1 Å². The standard InChI is InChI=1S/C12H22N4O2/c1-4-6-12(3,18)8-14-11(17)10-9(13)7-16(5-2)15-10/h7,18H,4-6,8,13H2,1-3H3,(H,14,17). The van der Waals surface area contributed by atoms with Crippen LogP contribution in [-0.4, -0.2) is 32.9 Å². The van der Waals surface area contributed by atoms with Gasteiger partial charge >= 0.3 is 0 Å². The van der Waals surface area contributed by atoms with Crippen molar-refractivity contribution in [3.05, 3.63) is 11.9 Å². The molecule has 1 aromatic rings. The number of carbonyl (C=O) groups is 1. The zero-order valence-electron chi connectivity index (χ0n) is 11.2. The average molecular weight is 254 g/mol. The van der Waals surface area contributed by atoms with E-state index in [4.69, 9.17) is 5.73 Å². The van der Waals surface area contributed by atoms with Gasteiger partial charge in [-0.3, -0.25) is 9.48 Å². The lowest BCUT2D eigenvalue weighted by molar-refractivity contribution is 0.0468. The van der Waals surface area contributed by atoms with Crippen LogP contribution >= 0.6 is 0 Å². The highest BCUT2D eigenvalue weighted by atomic mass is 16.3. The fourth-order valence-corrected chi connectivity index (χ4v) is 1.76. The molecule has 0 bridgehead atoms.